The Morgan fingerprint density at radius 1 is 1.31 bits per heavy atom. The molecular weight excluding hydrogens is 420 g/mol. The van der Waals surface area contributed by atoms with Crippen LogP contribution in [0.25, 0.3) is 11.1 Å². The van der Waals surface area contributed by atoms with Crippen LogP contribution in [0.2, 0.25) is 10.0 Å². The molecule has 0 unspecified atom stereocenters. The molecule has 1 fully saturated rings. The van der Waals surface area contributed by atoms with Gasteiger partial charge in [-0.2, -0.15) is 5.48 Å². The average Bonchev–Trinajstić information content (AvgIpc) is 3.12. The number of nitrogens with one attached hydrogen (secondary N) is 2. The van der Waals surface area contributed by atoms with Crippen LogP contribution >= 0.6 is 23.2 Å². The number of carbonyl (C=O) groups is 1. The van der Waals surface area contributed by atoms with Crippen molar-refractivity contribution in [2.24, 2.45) is 0 Å². The van der Waals surface area contributed by atoms with E-state index in [1.54, 1.807) is 18.2 Å². The van der Waals surface area contributed by atoms with Crippen LogP contribution in [-0.4, -0.2) is 17.4 Å². The van der Waals surface area contributed by atoms with Crippen molar-refractivity contribution >= 4 is 40.2 Å². The number of piperidine rings is 1. The zero-order chi connectivity index (χ0) is 20.5. The highest BCUT2D eigenvalue weighted by molar-refractivity contribution is 6.31. The van der Waals surface area contributed by atoms with Crippen LogP contribution in [0.5, 0.6) is 5.75 Å². The Morgan fingerprint density at radius 3 is 2.86 bits per heavy atom. The number of rotatable bonds is 4. The van der Waals surface area contributed by atoms with Crippen LogP contribution in [0.1, 0.15) is 43.2 Å². The molecule has 1 saturated heterocycles. The lowest BCUT2D eigenvalue weighted by molar-refractivity contribution is -0.125. The summed E-state index contributed by atoms with van der Waals surface area (Å²) in [7, 11) is 0. The number of benzene rings is 2. The number of hydrogen-bond acceptors (Lipinski definition) is 5. The molecule has 9 heteroatoms. The maximum Gasteiger partial charge on any atom is 0.249 e. The maximum atomic E-state index is 14.8. The zero-order valence-corrected chi connectivity index (χ0v) is 17.0. The minimum Gasteiger partial charge on any atom is -0.439 e. The van der Waals surface area contributed by atoms with E-state index in [-0.39, 0.29) is 28.6 Å². The SMILES string of the molecule is CC(=O)NOc1ccc(Cl)c(F)c1[C@@H]1CC[C@H](c2nc3ccc(Cl)cc3o2)NC1. The summed E-state index contributed by atoms with van der Waals surface area (Å²) in [6.07, 6.45) is 1.33. The Hall–Kier alpha value is -2.35. The van der Waals surface area contributed by atoms with Gasteiger partial charge in [0, 0.05) is 36.0 Å². The fourth-order valence-electron chi connectivity index (χ4n) is 3.52. The van der Waals surface area contributed by atoms with Crippen LogP contribution in [0, 0.1) is 5.82 Å². The fourth-order valence-corrected chi connectivity index (χ4v) is 3.85. The van der Waals surface area contributed by atoms with E-state index in [4.69, 9.17) is 32.5 Å². The molecule has 2 N–H and O–H groups in total. The predicted molar refractivity (Wildman–Crippen MR) is 108 cm³/mol. The van der Waals surface area contributed by atoms with E-state index in [9.17, 15) is 9.18 Å². The van der Waals surface area contributed by atoms with Gasteiger partial charge in [-0.15, -0.1) is 0 Å². The zero-order valence-electron chi connectivity index (χ0n) is 15.5. The number of nitrogens with zero attached hydrogens (tertiary/aromatic N) is 1. The predicted octanol–water partition coefficient (Wildman–Crippen LogP) is 4.91. The van der Waals surface area contributed by atoms with Crippen molar-refractivity contribution in [1.29, 1.82) is 0 Å². The number of oxazole rings is 1. The van der Waals surface area contributed by atoms with Gasteiger partial charge in [0.05, 0.1) is 11.1 Å². The molecule has 3 aromatic rings. The second-order valence-electron chi connectivity index (χ2n) is 6.93. The highest BCUT2D eigenvalue weighted by atomic mass is 35.5. The topological polar surface area (TPSA) is 76.4 Å². The van der Waals surface area contributed by atoms with Gasteiger partial charge in [-0.1, -0.05) is 23.2 Å². The molecule has 0 radical (unpaired) electrons. The van der Waals surface area contributed by atoms with E-state index in [1.807, 2.05) is 6.07 Å². The van der Waals surface area contributed by atoms with Crippen molar-refractivity contribution in [1.82, 2.24) is 15.8 Å². The largest absolute Gasteiger partial charge is 0.439 e. The molecule has 0 saturated carbocycles. The molecule has 2 atom stereocenters. The molecule has 1 aliphatic rings. The molecule has 0 bridgehead atoms. The van der Waals surface area contributed by atoms with Gasteiger partial charge in [-0.3, -0.25) is 4.79 Å². The lowest BCUT2D eigenvalue weighted by Crippen LogP contribution is -2.33. The minimum atomic E-state index is -0.545. The number of fused-ring (bicyclic) bond motifs is 1. The Labute approximate surface area is 176 Å². The van der Waals surface area contributed by atoms with Crippen molar-refractivity contribution < 1.29 is 18.4 Å². The number of carbonyl (C=O) groups excluding carboxylic acids is 1. The van der Waals surface area contributed by atoms with Crippen LogP contribution < -0.4 is 15.6 Å². The Kier molecular flexibility index (Phi) is 5.63. The fraction of sp³-hybridized carbons (Fsp3) is 0.300. The number of hydrogen-bond donors (Lipinski definition) is 2. The number of hydroxylamine groups is 1. The average molecular weight is 438 g/mol. The molecule has 29 heavy (non-hydrogen) atoms. The van der Waals surface area contributed by atoms with Crippen molar-refractivity contribution in [2.45, 2.75) is 31.7 Å². The summed E-state index contributed by atoms with van der Waals surface area (Å²) >= 11 is 12.0. The summed E-state index contributed by atoms with van der Waals surface area (Å²) in [6, 6.07) is 8.15. The molecule has 0 spiro atoms. The lowest BCUT2D eigenvalue weighted by atomic mass is 9.87. The molecule has 1 aromatic heterocycles. The normalized spacial score (nSPS) is 19.3. The lowest BCUT2D eigenvalue weighted by Gasteiger charge is -2.29. The summed E-state index contributed by atoms with van der Waals surface area (Å²) in [5, 5.41) is 3.95. The molecular formula is C20H18Cl2FN3O3. The molecule has 6 nitrogen and oxygen atoms in total. The van der Waals surface area contributed by atoms with Crippen molar-refractivity contribution in [3.05, 3.63) is 57.6 Å². The highest BCUT2D eigenvalue weighted by Crippen LogP contribution is 2.39. The Balaban J connectivity index is 1.53. The van der Waals surface area contributed by atoms with Gasteiger partial charge in [0.15, 0.2) is 11.3 Å². The molecule has 2 aromatic carbocycles. The first kappa shape index (κ1) is 19.9. The van der Waals surface area contributed by atoms with E-state index in [1.165, 1.54) is 13.0 Å². The van der Waals surface area contributed by atoms with Crippen LogP contribution in [0.4, 0.5) is 4.39 Å². The molecule has 4 rings (SSSR count). The summed E-state index contributed by atoms with van der Waals surface area (Å²) < 4.78 is 20.6. The standard InChI is InChI=1S/C20H18Cl2FN3O3/c1-10(27)26-29-16-7-4-13(22)19(23)18(16)11-2-5-15(24-9-11)20-25-14-6-3-12(21)8-17(14)28-20/h3-4,6-8,11,15,24H,2,5,9H2,1H3,(H,26,27)/t11-,15-/m1/s1. The van der Waals surface area contributed by atoms with Gasteiger partial charge in [0.1, 0.15) is 11.3 Å². The van der Waals surface area contributed by atoms with E-state index < -0.39 is 5.82 Å². The molecule has 2 heterocycles. The van der Waals surface area contributed by atoms with Gasteiger partial charge in [-0.05, 0) is 37.1 Å². The van der Waals surface area contributed by atoms with E-state index >= 15 is 0 Å². The first-order valence-corrected chi connectivity index (χ1v) is 9.88. The number of aromatic nitrogens is 1. The highest BCUT2D eigenvalue weighted by Gasteiger charge is 2.30. The van der Waals surface area contributed by atoms with E-state index in [0.717, 1.165) is 5.52 Å². The molecule has 1 amide bonds. The van der Waals surface area contributed by atoms with E-state index in [0.29, 0.717) is 41.4 Å². The summed E-state index contributed by atoms with van der Waals surface area (Å²) in [6.45, 7) is 1.78. The second kappa shape index (κ2) is 8.18. The Morgan fingerprint density at radius 2 is 2.14 bits per heavy atom. The van der Waals surface area contributed by atoms with Crippen molar-refractivity contribution in [3.63, 3.8) is 0 Å². The minimum absolute atomic E-state index is 0.00753. The van der Waals surface area contributed by atoms with Crippen LogP contribution in [0.15, 0.2) is 34.7 Å². The number of amides is 1. The quantitative estimate of drug-likeness (QED) is 0.566. The van der Waals surface area contributed by atoms with Crippen LogP contribution in [0.3, 0.4) is 0 Å². The van der Waals surface area contributed by atoms with Gasteiger partial charge in [0.2, 0.25) is 11.8 Å². The third-order valence-electron chi connectivity index (χ3n) is 4.89. The molecule has 1 aliphatic heterocycles. The van der Waals surface area contributed by atoms with Gasteiger partial charge in [0.25, 0.3) is 0 Å². The monoisotopic (exact) mass is 437 g/mol. The van der Waals surface area contributed by atoms with Crippen molar-refractivity contribution in [3.8, 4) is 5.75 Å². The first-order chi connectivity index (χ1) is 13.9. The smallest absolute Gasteiger partial charge is 0.249 e. The van der Waals surface area contributed by atoms with Gasteiger partial charge < -0.3 is 14.6 Å². The molecule has 0 aliphatic carbocycles. The summed E-state index contributed by atoms with van der Waals surface area (Å²) in [4.78, 5) is 21.0. The van der Waals surface area contributed by atoms with Crippen LogP contribution in [-0.2, 0) is 4.79 Å². The van der Waals surface area contributed by atoms with Crippen molar-refractivity contribution in [2.75, 3.05) is 6.54 Å². The first-order valence-electron chi connectivity index (χ1n) is 9.13. The second-order valence-corrected chi connectivity index (χ2v) is 7.78. The number of halogens is 3. The maximum absolute atomic E-state index is 14.8. The summed E-state index contributed by atoms with van der Waals surface area (Å²) in [5.74, 6) is -0.307. The third kappa shape index (κ3) is 4.17. The molecule has 152 valence electrons. The summed E-state index contributed by atoms with van der Waals surface area (Å²) in [5.41, 5.74) is 3.94. The van der Waals surface area contributed by atoms with Gasteiger partial charge >= 0.3 is 0 Å². The van der Waals surface area contributed by atoms with Gasteiger partial charge in [-0.25, -0.2) is 9.37 Å². The Bertz CT molecular complexity index is 1060. The van der Waals surface area contributed by atoms with E-state index in [2.05, 4.69) is 15.8 Å². The third-order valence-corrected chi connectivity index (χ3v) is 5.41.